The SMILES string of the molecule is COC(=O)c1ccccc1N/N=C(/C#N)c1nc(-c2c(C)n(C)n(-c3ccccc3)c2=O)cs1. The molecule has 2 aromatic heterocycles. The fourth-order valence-corrected chi connectivity index (χ4v) is 4.21. The van der Waals surface area contributed by atoms with E-state index >= 15 is 0 Å². The van der Waals surface area contributed by atoms with Gasteiger partial charge in [-0.05, 0) is 31.2 Å². The van der Waals surface area contributed by atoms with Gasteiger partial charge in [0.15, 0.2) is 10.7 Å². The fraction of sp³-hybridized carbons (Fsp3) is 0.125. The molecule has 0 aliphatic rings. The minimum Gasteiger partial charge on any atom is -0.465 e. The Labute approximate surface area is 199 Å². The zero-order valence-electron chi connectivity index (χ0n) is 18.6. The summed E-state index contributed by atoms with van der Waals surface area (Å²) >= 11 is 1.20. The third-order valence-electron chi connectivity index (χ3n) is 5.24. The lowest BCUT2D eigenvalue weighted by molar-refractivity contribution is 0.0602. The number of aromatic nitrogens is 3. The Morgan fingerprint density at radius 2 is 1.88 bits per heavy atom. The summed E-state index contributed by atoms with van der Waals surface area (Å²) in [6.45, 7) is 1.85. The molecule has 2 heterocycles. The van der Waals surface area contributed by atoms with Gasteiger partial charge >= 0.3 is 5.97 Å². The number of nitrogens with one attached hydrogen (secondary N) is 1. The van der Waals surface area contributed by atoms with E-state index in [2.05, 4.69) is 15.5 Å². The predicted molar refractivity (Wildman–Crippen MR) is 130 cm³/mol. The second-order valence-electron chi connectivity index (χ2n) is 7.20. The maximum atomic E-state index is 13.3. The van der Waals surface area contributed by atoms with Crippen molar-refractivity contribution in [3.63, 3.8) is 0 Å². The lowest BCUT2D eigenvalue weighted by Crippen LogP contribution is -2.20. The molecule has 0 aliphatic carbocycles. The number of methoxy groups -OCH3 is 1. The Kier molecular flexibility index (Phi) is 6.38. The molecule has 1 N–H and O–H groups in total. The summed E-state index contributed by atoms with van der Waals surface area (Å²) in [4.78, 5) is 29.7. The minimum absolute atomic E-state index is 0.0212. The highest BCUT2D eigenvalue weighted by molar-refractivity contribution is 7.12. The van der Waals surface area contributed by atoms with Crippen LogP contribution in [0.4, 0.5) is 5.69 Å². The molecule has 0 saturated carbocycles. The standard InChI is InChI=1S/C24H20N6O3S/c1-15-21(23(31)30(29(15)2)16-9-5-4-6-10-16)20-14-34-22(26-20)19(13-25)28-27-18-12-8-7-11-17(18)24(32)33-3/h4-12,14,27H,1-3H3/b28-19-. The summed E-state index contributed by atoms with van der Waals surface area (Å²) in [5.74, 6) is -0.525. The van der Waals surface area contributed by atoms with E-state index in [-0.39, 0.29) is 16.8 Å². The van der Waals surface area contributed by atoms with Crippen molar-refractivity contribution in [2.24, 2.45) is 12.1 Å². The molecular formula is C24H20N6O3S. The quantitative estimate of drug-likeness (QED) is 0.260. The number of anilines is 1. The number of para-hydroxylation sites is 2. The first-order chi connectivity index (χ1) is 16.5. The molecule has 0 bridgehead atoms. The molecule has 4 rings (SSSR count). The van der Waals surface area contributed by atoms with Crippen molar-refractivity contribution in [2.75, 3.05) is 12.5 Å². The number of thiazole rings is 1. The number of hydrogen-bond donors (Lipinski definition) is 1. The maximum absolute atomic E-state index is 13.3. The van der Waals surface area contributed by atoms with E-state index in [1.54, 1.807) is 39.0 Å². The van der Waals surface area contributed by atoms with Gasteiger partial charge < -0.3 is 4.74 Å². The Morgan fingerprint density at radius 1 is 1.18 bits per heavy atom. The number of nitriles is 1. The van der Waals surface area contributed by atoms with Crippen LogP contribution in [0.25, 0.3) is 16.9 Å². The van der Waals surface area contributed by atoms with Crippen LogP contribution in [-0.4, -0.2) is 33.1 Å². The van der Waals surface area contributed by atoms with Crippen LogP contribution < -0.4 is 11.0 Å². The molecule has 0 amide bonds. The molecule has 170 valence electrons. The third-order valence-corrected chi connectivity index (χ3v) is 6.09. The lowest BCUT2D eigenvalue weighted by atomic mass is 10.2. The molecule has 0 fully saturated rings. The van der Waals surface area contributed by atoms with Crippen molar-refractivity contribution in [2.45, 2.75) is 6.92 Å². The summed E-state index contributed by atoms with van der Waals surface area (Å²) in [7, 11) is 3.10. The first-order valence-electron chi connectivity index (χ1n) is 10.2. The van der Waals surface area contributed by atoms with E-state index < -0.39 is 5.97 Å². The highest BCUT2D eigenvalue weighted by Crippen LogP contribution is 2.24. The van der Waals surface area contributed by atoms with Gasteiger partial charge in [-0.2, -0.15) is 10.4 Å². The molecule has 0 atom stereocenters. The summed E-state index contributed by atoms with van der Waals surface area (Å²) in [6, 6.07) is 18.0. The molecule has 10 heteroatoms. The Bertz CT molecular complexity index is 1490. The first kappa shape index (κ1) is 22.7. The average molecular weight is 473 g/mol. The van der Waals surface area contributed by atoms with Gasteiger partial charge in [-0.1, -0.05) is 30.3 Å². The van der Waals surface area contributed by atoms with Gasteiger partial charge in [-0.15, -0.1) is 11.3 Å². The molecular weight excluding hydrogens is 452 g/mol. The van der Waals surface area contributed by atoms with Crippen molar-refractivity contribution in [3.8, 4) is 23.0 Å². The van der Waals surface area contributed by atoms with Gasteiger partial charge in [0, 0.05) is 18.1 Å². The Morgan fingerprint density at radius 3 is 2.59 bits per heavy atom. The van der Waals surface area contributed by atoms with Gasteiger partial charge in [0.25, 0.3) is 5.56 Å². The van der Waals surface area contributed by atoms with Crippen LogP contribution in [0.3, 0.4) is 0 Å². The molecule has 34 heavy (non-hydrogen) atoms. The maximum Gasteiger partial charge on any atom is 0.340 e. The van der Waals surface area contributed by atoms with E-state index in [4.69, 9.17) is 4.74 Å². The van der Waals surface area contributed by atoms with E-state index in [1.807, 2.05) is 50.4 Å². The van der Waals surface area contributed by atoms with Crippen LogP contribution in [0.1, 0.15) is 21.1 Å². The van der Waals surface area contributed by atoms with Crippen LogP contribution in [0.5, 0.6) is 0 Å². The van der Waals surface area contributed by atoms with Crippen LogP contribution >= 0.6 is 11.3 Å². The molecule has 0 aliphatic heterocycles. The van der Waals surface area contributed by atoms with E-state index in [1.165, 1.54) is 18.4 Å². The number of esters is 1. The number of ether oxygens (including phenoxy) is 1. The van der Waals surface area contributed by atoms with Gasteiger partial charge in [-0.25, -0.2) is 14.5 Å². The Balaban J connectivity index is 1.69. The number of nitrogens with zero attached hydrogens (tertiary/aromatic N) is 5. The molecule has 0 unspecified atom stereocenters. The molecule has 0 radical (unpaired) electrons. The number of carbonyl (C=O) groups is 1. The van der Waals surface area contributed by atoms with Gasteiger partial charge in [0.1, 0.15) is 6.07 Å². The predicted octanol–water partition coefficient (Wildman–Crippen LogP) is 3.73. The fourth-order valence-electron chi connectivity index (χ4n) is 3.47. The summed E-state index contributed by atoms with van der Waals surface area (Å²) in [5.41, 5.74) is 5.64. The van der Waals surface area contributed by atoms with Crippen molar-refractivity contribution >= 4 is 28.7 Å². The zero-order valence-corrected chi connectivity index (χ0v) is 19.5. The van der Waals surface area contributed by atoms with Crippen molar-refractivity contribution < 1.29 is 9.53 Å². The van der Waals surface area contributed by atoms with Gasteiger partial charge in [0.2, 0.25) is 0 Å². The largest absolute Gasteiger partial charge is 0.465 e. The van der Waals surface area contributed by atoms with Gasteiger partial charge in [0.05, 0.1) is 35.3 Å². The highest BCUT2D eigenvalue weighted by Gasteiger charge is 2.21. The van der Waals surface area contributed by atoms with Crippen molar-refractivity contribution in [1.82, 2.24) is 14.3 Å². The number of hydrogen-bond acceptors (Lipinski definition) is 8. The Hall–Kier alpha value is -4.49. The van der Waals surface area contributed by atoms with Crippen molar-refractivity contribution in [3.05, 3.63) is 86.6 Å². The average Bonchev–Trinajstić information content (AvgIpc) is 3.42. The summed E-state index contributed by atoms with van der Waals surface area (Å²) in [5, 5.41) is 15.9. The van der Waals surface area contributed by atoms with Crippen LogP contribution in [0.2, 0.25) is 0 Å². The number of benzene rings is 2. The molecule has 0 saturated heterocycles. The van der Waals surface area contributed by atoms with Crippen LogP contribution in [-0.2, 0) is 11.8 Å². The number of rotatable bonds is 6. The first-order valence-corrected chi connectivity index (χ1v) is 11.1. The molecule has 0 spiro atoms. The summed E-state index contributed by atoms with van der Waals surface area (Å²) < 4.78 is 8.13. The second kappa shape index (κ2) is 9.56. The summed E-state index contributed by atoms with van der Waals surface area (Å²) in [6.07, 6.45) is 0. The second-order valence-corrected chi connectivity index (χ2v) is 8.05. The van der Waals surface area contributed by atoms with Crippen LogP contribution in [0, 0.1) is 18.3 Å². The monoisotopic (exact) mass is 472 g/mol. The van der Waals surface area contributed by atoms with Gasteiger partial charge in [-0.3, -0.25) is 14.9 Å². The number of hydrazone groups is 1. The minimum atomic E-state index is -0.525. The third kappa shape index (κ3) is 4.12. The van der Waals surface area contributed by atoms with E-state index in [9.17, 15) is 14.9 Å². The molecule has 2 aromatic carbocycles. The highest BCUT2D eigenvalue weighted by atomic mass is 32.1. The zero-order chi connectivity index (χ0) is 24.2. The molecule has 9 nitrogen and oxygen atoms in total. The topological polar surface area (TPSA) is 114 Å². The van der Waals surface area contributed by atoms with E-state index in [0.717, 1.165) is 11.4 Å². The smallest absolute Gasteiger partial charge is 0.340 e. The lowest BCUT2D eigenvalue weighted by Gasteiger charge is -2.07. The van der Waals surface area contributed by atoms with E-state index in [0.29, 0.717) is 22.0 Å². The normalized spacial score (nSPS) is 11.2. The van der Waals surface area contributed by atoms with Crippen molar-refractivity contribution in [1.29, 1.82) is 5.26 Å². The molecule has 4 aromatic rings. The number of carbonyl (C=O) groups excluding carboxylic acids is 1. The van der Waals surface area contributed by atoms with Crippen LogP contribution in [0.15, 0.2) is 69.9 Å².